The van der Waals surface area contributed by atoms with E-state index in [1.54, 1.807) is 0 Å². The van der Waals surface area contributed by atoms with E-state index < -0.39 is 20.0 Å². The molecule has 0 aromatic carbocycles. The van der Waals surface area contributed by atoms with Crippen molar-refractivity contribution in [3.05, 3.63) is 9.85 Å². The molecule has 0 spiro atoms. The fraction of sp³-hybridized carbons (Fsp3) is 0.667. The normalized spacial score (nSPS) is 21.9. The molecule has 3 heterocycles. The fourth-order valence-electron chi connectivity index (χ4n) is 2.48. The molecule has 24 heavy (non-hydrogen) atoms. The molecule has 0 N–H and O–H groups in total. The molecule has 1 aromatic rings. The first-order chi connectivity index (χ1) is 11.3. The molecule has 8 nitrogen and oxygen atoms in total. The van der Waals surface area contributed by atoms with E-state index in [0.29, 0.717) is 30.2 Å². The van der Waals surface area contributed by atoms with Crippen LogP contribution in [0, 0.1) is 0 Å². The molecule has 0 radical (unpaired) electrons. The van der Waals surface area contributed by atoms with Crippen molar-refractivity contribution in [3.63, 3.8) is 0 Å². The van der Waals surface area contributed by atoms with E-state index in [-0.39, 0.29) is 35.3 Å². The van der Waals surface area contributed by atoms with Gasteiger partial charge in [-0.1, -0.05) is 0 Å². The summed E-state index contributed by atoms with van der Waals surface area (Å²) in [4.78, 5) is -0.0127. The predicted octanol–water partition coefficient (Wildman–Crippen LogP) is 0.552. The zero-order valence-electron chi connectivity index (χ0n) is 12.7. The molecular formula is C12H17BrN2O6S3. The number of halogens is 1. The van der Waals surface area contributed by atoms with Crippen molar-refractivity contribution < 1.29 is 26.3 Å². The summed E-state index contributed by atoms with van der Waals surface area (Å²) in [5.74, 6) is 0. The van der Waals surface area contributed by atoms with Crippen LogP contribution >= 0.6 is 27.3 Å². The molecule has 3 rings (SSSR count). The summed E-state index contributed by atoms with van der Waals surface area (Å²) < 4.78 is 64.1. The van der Waals surface area contributed by atoms with Crippen LogP contribution in [-0.2, 0) is 29.5 Å². The second-order valence-electron chi connectivity index (χ2n) is 5.24. The molecule has 0 saturated carbocycles. The minimum Gasteiger partial charge on any atom is -0.379 e. The zero-order chi connectivity index (χ0) is 17.4. The smallest absolute Gasteiger partial charge is 0.252 e. The van der Waals surface area contributed by atoms with Gasteiger partial charge >= 0.3 is 0 Å². The van der Waals surface area contributed by atoms with Gasteiger partial charge < -0.3 is 9.47 Å². The van der Waals surface area contributed by atoms with E-state index in [0.717, 1.165) is 11.3 Å². The minimum absolute atomic E-state index is 0.0127. The number of nitrogens with zero attached hydrogens (tertiary/aromatic N) is 2. The first-order valence-electron chi connectivity index (χ1n) is 7.28. The van der Waals surface area contributed by atoms with Gasteiger partial charge in [0, 0.05) is 26.2 Å². The highest BCUT2D eigenvalue weighted by atomic mass is 79.9. The summed E-state index contributed by atoms with van der Waals surface area (Å²) in [5, 5.41) is 0. The summed E-state index contributed by atoms with van der Waals surface area (Å²) in [5.41, 5.74) is 0. The number of hydrogen-bond acceptors (Lipinski definition) is 7. The Morgan fingerprint density at radius 3 is 1.83 bits per heavy atom. The maximum atomic E-state index is 12.7. The molecule has 2 aliphatic rings. The van der Waals surface area contributed by atoms with Crippen LogP contribution in [0.5, 0.6) is 0 Å². The SMILES string of the molecule is O=S(=O)(c1cc(S(=O)(=O)N2CCOCC2)c(Br)s1)N1CCOCC1. The maximum Gasteiger partial charge on any atom is 0.252 e. The molecule has 0 aliphatic carbocycles. The molecule has 1 aromatic heterocycles. The zero-order valence-corrected chi connectivity index (χ0v) is 16.7. The quantitative estimate of drug-likeness (QED) is 0.651. The third-order valence-electron chi connectivity index (χ3n) is 3.78. The minimum atomic E-state index is -3.75. The van der Waals surface area contributed by atoms with Crippen LogP contribution in [0.2, 0.25) is 0 Å². The maximum absolute atomic E-state index is 12.7. The van der Waals surface area contributed by atoms with Gasteiger partial charge in [0.15, 0.2) is 0 Å². The van der Waals surface area contributed by atoms with Crippen molar-refractivity contribution in [2.24, 2.45) is 0 Å². The fourth-order valence-corrected chi connectivity index (χ4v) is 8.67. The van der Waals surface area contributed by atoms with Gasteiger partial charge in [0.25, 0.3) is 10.0 Å². The molecule has 0 unspecified atom stereocenters. The lowest BCUT2D eigenvalue weighted by Crippen LogP contribution is -2.41. The van der Waals surface area contributed by atoms with Crippen molar-refractivity contribution in [1.29, 1.82) is 0 Å². The van der Waals surface area contributed by atoms with Crippen LogP contribution < -0.4 is 0 Å². The van der Waals surface area contributed by atoms with Gasteiger partial charge in [0.1, 0.15) is 9.10 Å². The van der Waals surface area contributed by atoms with Gasteiger partial charge in [0.2, 0.25) is 10.0 Å². The summed E-state index contributed by atoms with van der Waals surface area (Å²) in [6, 6.07) is 1.24. The Morgan fingerprint density at radius 2 is 1.33 bits per heavy atom. The average Bonchev–Trinajstić information content (AvgIpc) is 3.00. The van der Waals surface area contributed by atoms with Gasteiger partial charge in [-0.2, -0.15) is 8.61 Å². The lowest BCUT2D eigenvalue weighted by Gasteiger charge is -2.26. The second-order valence-corrected chi connectivity index (χ2v) is 11.7. The third-order valence-corrected chi connectivity index (χ3v) is 10.3. The van der Waals surface area contributed by atoms with E-state index in [1.165, 1.54) is 14.7 Å². The Kier molecular flexibility index (Phi) is 5.67. The van der Waals surface area contributed by atoms with Crippen LogP contribution in [-0.4, -0.2) is 78.1 Å². The molecule has 136 valence electrons. The van der Waals surface area contributed by atoms with Gasteiger partial charge in [0.05, 0.1) is 30.2 Å². The standard InChI is InChI=1S/C12H17BrN2O6S3/c13-12-10(23(16,17)14-1-5-20-6-2-14)9-11(22-12)24(18,19)15-3-7-21-8-4-15/h9H,1-8H2. The topological polar surface area (TPSA) is 93.2 Å². The van der Waals surface area contributed by atoms with E-state index in [1.807, 2.05) is 0 Å². The molecule has 12 heteroatoms. The van der Waals surface area contributed by atoms with E-state index in [9.17, 15) is 16.8 Å². The summed E-state index contributed by atoms with van der Waals surface area (Å²) in [6.07, 6.45) is 0. The molecule has 0 atom stereocenters. The number of hydrogen-bond donors (Lipinski definition) is 0. The average molecular weight is 461 g/mol. The van der Waals surface area contributed by atoms with Crippen LogP contribution in [0.1, 0.15) is 0 Å². The highest BCUT2D eigenvalue weighted by Gasteiger charge is 2.34. The first-order valence-corrected chi connectivity index (χ1v) is 11.8. The predicted molar refractivity (Wildman–Crippen MR) is 91.2 cm³/mol. The first kappa shape index (κ1) is 18.7. The largest absolute Gasteiger partial charge is 0.379 e. The number of thiophene rings is 1. The molecule has 2 aliphatic heterocycles. The molecule has 0 amide bonds. The summed E-state index contributed by atoms with van der Waals surface area (Å²) in [6.45, 7) is 2.40. The van der Waals surface area contributed by atoms with Crippen molar-refractivity contribution in [2.45, 2.75) is 9.10 Å². The van der Waals surface area contributed by atoms with Crippen molar-refractivity contribution >= 4 is 47.3 Å². The van der Waals surface area contributed by atoms with Crippen molar-refractivity contribution in [1.82, 2.24) is 8.61 Å². The molecule has 0 bridgehead atoms. The monoisotopic (exact) mass is 460 g/mol. The van der Waals surface area contributed by atoms with Gasteiger partial charge in [-0.3, -0.25) is 0 Å². The second kappa shape index (κ2) is 7.27. The Hall–Kier alpha value is -0.0800. The van der Waals surface area contributed by atoms with Crippen LogP contribution in [0.4, 0.5) is 0 Å². The van der Waals surface area contributed by atoms with E-state index in [2.05, 4.69) is 15.9 Å². The summed E-state index contributed by atoms with van der Waals surface area (Å²) >= 11 is 4.12. The summed E-state index contributed by atoms with van der Waals surface area (Å²) in [7, 11) is -7.47. The Balaban J connectivity index is 1.92. The Labute approximate surface area is 153 Å². The Morgan fingerprint density at radius 1 is 0.875 bits per heavy atom. The van der Waals surface area contributed by atoms with Crippen LogP contribution in [0.3, 0.4) is 0 Å². The van der Waals surface area contributed by atoms with Crippen molar-refractivity contribution in [3.8, 4) is 0 Å². The number of morpholine rings is 2. The van der Waals surface area contributed by atoms with Crippen LogP contribution in [0.15, 0.2) is 19.0 Å². The number of ether oxygens (including phenoxy) is 2. The molecule has 2 saturated heterocycles. The number of rotatable bonds is 4. The third kappa shape index (κ3) is 3.56. The molecule has 2 fully saturated rings. The lowest BCUT2D eigenvalue weighted by atomic mass is 10.5. The van der Waals surface area contributed by atoms with E-state index >= 15 is 0 Å². The molecular weight excluding hydrogens is 444 g/mol. The lowest BCUT2D eigenvalue weighted by molar-refractivity contribution is 0.0729. The van der Waals surface area contributed by atoms with Crippen LogP contribution in [0.25, 0.3) is 0 Å². The van der Waals surface area contributed by atoms with Gasteiger partial charge in [-0.25, -0.2) is 16.8 Å². The number of sulfonamides is 2. The highest BCUT2D eigenvalue weighted by molar-refractivity contribution is 9.11. The van der Waals surface area contributed by atoms with Crippen molar-refractivity contribution in [2.75, 3.05) is 52.6 Å². The highest BCUT2D eigenvalue weighted by Crippen LogP contribution is 2.37. The van der Waals surface area contributed by atoms with Gasteiger partial charge in [-0.15, -0.1) is 11.3 Å². The van der Waals surface area contributed by atoms with Gasteiger partial charge in [-0.05, 0) is 22.0 Å². The van der Waals surface area contributed by atoms with E-state index in [4.69, 9.17) is 9.47 Å². The Bertz CT molecular complexity index is 795.